The first-order chi connectivity index (χ1) is 16.1. The number of halogens is 1. The van der Waals surface area contributed by atoms with Gasteiger partial charge in [0.2, 0.25) is 11.8 Å². The third-order valence-corrected chi connectivity index (χ3v) is 7.08. The van der Waals surface area contributed by atoms with Gasteiger partial charge in [-0.25, -0.2) is 4.90 Å². The summed E-state index contributed by atoms with van der Waals surface area (Å²) in [4.78, 5) is 44.5. The van der Waals surface area contributed by atoms with Crippen LogP contribution < -0.4 is 9.80 Å². The topological polar surface area (TPSA) is 57.7 Å². The van der Waals surface area contributed by atoms with Crippen molar-refractivity contribution in [2.75, 3.05) is 9.80 Å². The highest BCUT2D eigenvalue weighted by atomic mass is 35.5. The molecule has 0 radical (unpaired) electrons. The molecule has 3 aliphatic rings. The van der Waals surface area contributed by atoms with Crippen LogP contribution in [-0.2, 0) is 9.59 Å². The van der Waals surface area contributed by atoms with E-state index >= 15 is 0 Å². The zero-order valence-electron chi connectivity index (χ0n) is 17.5. The molecule has 3 aromatic carbocycles. The summed E-state index contributed by atoms with van der Waals surface area (Å²) in [5.74, 6) is -2.19. The number of para-hydroxylation sites is 2. The monoisotopic (exact) mass is 454 g/mol. The van der Waals surface area contributed by atoms with Crippen LogP contribution in [-0.4, -0.2) is 29.7 Å². The summed E-state index contributed by atoms with van der Waals surface area (Å²) in [5, 5.41) is 0.530. The van der Waals surface area contributed by atoms with Gasteiger partial charge in [0.1, 0.15) is 6.04 Å². The fourth-order valence-electron chi connectivity index (χ4n) is 5.43. The average molecular weight is 455 g/mol. The van der Waals surface area contributed by atoms with E-state index in [1.807, 2.05) is 47.4 Å². The van der Waals surface area contributed by atoms with E-state index in [2.05, 4.69) is 0 Å². The quantitative estimate of drug-likeness (QED) is 0.428. The number of hydrogen-bond acceptors (Lipinski definition) is 4. The number of anilines is 2. The summed E-state index contributed by atoms with van der Waals surface area (Å²) in [7, 11) is 0. The lowest BCUT2D eigenvalue weighted by Crippen LogP contribution is -2.48. The normalized spacial score (nSPS) is 25.1. The minimum absolute atomic E-state index is 0.190. The SMILES string of the molecule is O=C(c1ccc(Cl)cc1)[C@@H]1[C@@H]2C(=O)N(c3ccccc3)C(=O)[C@H]2[C@@H]2C=Cc3ccccc3N12. The van der Waals surface area contributed by atoms with Crippen molar-refractivity contribution in [1.82, 2.24) is 0 Å². The summed E-state index contributed by atoms with van der Waals surface area (Å²) in [6.07, 6.45) is 3.93. The van der Waals surface area contributed by atoms with Crippen molar-refractivity contribution in [2.45, 2.75) is 12.1 Å². The first-order valence-corrected chi connectivity index (χ1v) is 11.2. The number of imide groups is 1. The third-order valence-electron chi connectivity index (χ3n) is 6.83. The van der Waals surface area contributed by atoms with Crippen molar-refractivity contribution < 1.29 is 14.4 Å². The first kappa shape index (κ1) is 19.9. The Morgan fingerprint density at radius 2 is 1.45 bits per heavy atom. The number of benzene rings is 3. The molecule has 2 fully saturated rings. The van der Waals surface area contributed by atoms with Crippen LogP contribution in [0.2, 0.25) is 5.02 Å². The van der Waals surface area contributed by atoms with Gasteiger partial charge in [-0.1, -0.05) is 60.2 Å². The molecule has 0 saturated carbocycles. The highest BCUT2D eigenvalue weighted by molar-refractivity contribution is 6.30. The number of carbonyl (C=O) groups excluding carboxylic acids is 3. The minimum atomic E-state index is -0.794. The molecule has 6 heteroatoms. The van der Waals surface area contributed by atoms with Crippen LogP contribution in [0.1, 0.15) is 15.9 Å². The largest absolute Gasteiger partial charge is 0.352 e. The van der Waals surface area contributed by atoms with Gasteiger partial charge < -0.3 is 4.90 Å². The van der Waals surface area contributed by atoms with Crippen molar-refractivity contribution in [2.24, 2.45) is 11.8 Å². The Labute approximate surface area is 195 Å². The van der Waals surface area contributed by atoms with Crippen molar-refractivity contribution in [3.63, 3.8) is 0 Å². The van der Waals surface area contributed by atoms with Crippen LogP contribution in [0.3, 0.4) is 0 Å². The first-order valence-electron chi connectivity index (χ1n) is 10.8. The molecule has 3 aromatic rings. The second-order valence-electron chi connectivity index (χ2n) is 8.53. The number of rotatable bonds is 3. The van der Waals surface area contributed by atoms with Crippen LogP contribution in [0.15, 0.2) is 84.9 Å². The maximum atomic E-state index is 13.9. The van der Waals surface area contributed by atoms with Crippen LogP contribution in [0.5, 0.6) is 0 Å². The van der Waals surface area contributed by atoms with E-state index in [9.17, 15) is 14.4 Å². The van der Waals surface area contributed by atoms with E-state index < -0.39 is 17.9 Å². The Kier molecular flexibility index (Phi) is 4.49. The van der Waals surface area contributed by atoms with Gasteiger partial charge in [-0.15, -0.1) is 0 Å². The van der Waals surface area contributed by atoms with E-state index in [1.54, 1.807) is 48.5 Å². The lowest BCUT2D eigenvalue weighted by atomic mass is 9.86. The van der Waals surface area contributed by atoms with Gasteiger partial charge in [0.05, 0.1) is 23.6 Å². The van der Waals surface area contributed by atoms with Gasteiger partial charge in [-0.2, -0.15) is 0 Å². The molecule has 0 bridgehead atoms. The average Bonchev–Trinajstić information content (AvgIpc) is 3.32. The van der Waals surface area contributed by atoms with Gasteiger partial charge in [0.15, 0.2) is 5.78 Å². The minimum Gasteiger partial charge on any atom is -0.352 e. The fraction of sp³-hybridized carbons (Fsp3) is 0.148. The van der Waals surface area contributed by atoms with Gasteiger partial charge in [-0.3, -0.25) is 14.4 Å². The molecule has 6 rings (SSSR count). The van der Waals surface area contributed by atoms with Gasteiger partial charge in [-0.05, 0) is 48.0 Å². The molecule has 0 aliphatic carbocycles. The molecule has 3 heterocycles. The van der Waals surface area contributed by atoms with E-state index in [-0.39, 0.29) is 23.6 Å². The molecule has 3 aliphatic heterocycles. The Morgan fingerprint density at radius 1 is 0.788 bits per heavy atom. The van der Waals surface area contributed by atoms with Gasteiger partial charge in [0.25, 0.3) is 0 Å². The highest BCUT2D eigenvalue weighted by Crippen LogP contribution is 2.49. The number of hydrogen-bond donors (Lipinski definition) is 0. The molecule has 162 valence electrons. The molecule has 2 amide bonds. The zero-order valence-corrected chi connectivity index (χ0v) is 18.2. The number of nitrogens with zero attached hydrogens (tertiary/aromatic N) is 2. The van der Waals surface area contributed by atoms with Crippen molar-refractivity contribution in [3.05, 3.63) is 101 Å². The van der Waals surface area contributed by atoms with E-state index in [0.717, 1.165) is 11.3 Å². The van der Waals surface area contributed by atoms with Gasteiger partial charge in [0, 0.05) is 16.3 Å². The third kappa shape index (κ3) is 2.89. The number of carbonyl (C=O) groups is 3. The predicted molar refractivity (Wildman–Crippen MR) is 127 cm³/mol. The van der Waals surface area contributed by atoms with E-state index in [0.29, 0.717) is 16.3 Å². The molecule has 0 aromatic heterocycles. The molecule has 0 spiro atoms. The summed E-state index contributed by atoms with van der Waals surface area (Å²) in [6.45, 7) is 0. The standard InChI is InChI=1S/C27H19ClN2O3/c28-18-13-10-17(11-14-18)25(31)24-23-22(21-15-12-16-6-4-5-9-20(16)30(21)24)26(32)29(27(23)33)19-7-2-1-3-8-19/h1-15,21-24H/t21-,22-,23+,24-/m0/s1. The lowest BCUT2D eigenvalue weighted by molar-refractivity contribution is -0.122. The summed E-state index contributed by atoms with van der Waals surface area (Å²) >= 11 is 6.04. The van der Waals surface area contributed by atoms with Gasteiger partial charge >= 0.3 is 0 Å². The Hall–Kier alpha value is -3.70. The zero-order chi connectivity index (χ0) is 22.7. The molecule has 33 heavy (non-hydrogen) atoms. The van der Waals surface area contributed by atoms with Crippen molar-refractivity contribution >= 4 is 46.6 Å². The Balaban J connectivity index is 1.50. The molecular formula is C27H19ClN2O3. The highest BCUT2D eigenvalue weighted by Gasteiger charge is 2.64. The molecular weight excluding hydrogens is 436 g/mol. The second kappa shape index (κ2) is 7.42. The van der Waals surface area contributed by atoms with Crippen LogP contribution >= 0.6 is 11.6 Å². The second-order valence-corrected chi connectivity index (χ2v) is 8.97. The number of amides is 2. The smallest absolute Gasteiger partial charge is 0.240 e. The molecule has 0 N–H and O–H groups in total. The predicted octanol–water partition coefficient (Wildman–Crippen LogP) is 4.61. The Bertz CT molecular complexity index is 1320. The molecule has 2 saturated heterocycles. The van der Waals surface area contributed by atoms with Crippen molar-refractivity contribution in [1.29, 1.82) is 0 Å². The number of Topliss-reactive ketones (excluding diaryl/α,β-unsaturated/α-hetero) is 1. The van der Waals surface area contributed by atoms with E-state index in [4.69, 9.17) is 11.6 Å². The maximum absolute atomic E-state index is 13.9. The maximum Gasteiger partial charge on any atom is 0.240 e. The van der Waals surface area contributed by atoms with E-state index in [1.165, 1.54) is 4.90 Å². The fourth-order valence-corrected chi connectivity index (χ4v) is 5.56. The van der Waals surface area contributed by atoms with Crippen LogP contribution in [0.4, 0.5) is 11.4 Å². The number of ketones is 1. The summed E-state index contributed by atoms with van der Waals surface area (Å²) < 4.78 is 0. The Morgan fingerprint density at radius 3 is 2.21 bits per heavy atom. The number of fused-ring (bicyclic) bond motifs is 5. The van der Waals surface area contributed by atoms with Crippen molar-refractivity contribution in [3.8, 4) is 0 Å². The van der Waals surface area contributed by atoms with Crippen LogP contribution in [0, 0.1) is 11.8 Å². The lowest BCUT2D eigenvalue weighted by Gasteiger charge is -2.36. The summed E-state index contributed by atoms with van der Waals surface area (Å²) in [5.41, 5.74) is 2.82. The summed E-state index contributed by atoms with van der Waals surface area (Å²) in [6, 6.07) is 22.2. The van der Waals surface area contributed by atoms with Crippen LogP contribution in [0.25, 0.3) is 6.08 Å². The molecule has 4 atom stereocenters. The molecule has 0 unspecified atom stereocenters. The molecule has 5 nitrogen and oxygen atoms in total.